The van der Waals surface area contributed by atoms with Gasteiger partial charge in [-0.3, -0.25) is 0 Å². The van der Waals surface area contributed by atoms with Crippen molar-refractivity contribution in [2.75, 3.05) is 6.61 Å². The largest absolute Gasteiger partial charge is 0.494 e. The highest BCUT2D eigenvalue weighted by Crippen LogP contribution is 2.34. The number of rotatable bonds is 5. The fourth-order valence-electron chi connectivity index (χ4n) is 3.03. The van der Waals surface area contributed by atoms with Crippen molar-refractivity contribution >= 4 is 28.2 Å². The summed E-state index contributed by atoms with van der Waals surface area (Å²) < 4.78 is 19.0. The Bertz CT molecular complexity index is 1170. The normalized spacial score (nSPS) is 10.9. The van der Waals surface area contributed by atoms with Crippen molar-refractivity contribution < 1.29 is 19.0 Å². The molecule has 0 fully saturated rings. The number of fused-ring (bicyclic) bond motifs is 1. The predicted octanol–water partition coefficient (Wildman–Crippen LogP) is 5.87. The van der Waals surface area contributed by atoms with Crippen LogP contribution in [-0.2, 0) is 0 Å². The van der Waals surface area contributed by atoms with Crippen LogP contribution >= 0.6 is 11.3 Å². The molecule has 4 aromatic rings. The zero-order valence-electron chi connectivity index (χ0n) is 15.0. The summed E-state index contributed by atoms with van der Waals surface area (Å²) in [5, 5.41) is 11.8. The van der Waals surface area contributed by atoms with Crippen LogP contribution in [0.25, 0.3) is 32.6 Å². The molecule has 6 heteroatoms. The smallest absolute Gasteiger partial charge is 0.336 e. The number of hydrogen-bond acceptors (Lipinski definition) is 4. The van der Waals surface area contributed by atoms with Crippen LogP contribution in [0.4, 0.5) is 4.39 Å². The number of hydrogen-bond donors (Lipinski definition) is 1. The summed E-state index contributed by atoms with van der Waals surface area (Å²) in [6.07, 6.45) is 0. The molecular formula is C22H16FNO3S. The molecule has 0 amide bonds. The number of ether oxygens (including phenoxy) is 1. The van der Waals surface area contributed by atoms with Crippen LogP contribution in [-0.4, -0.2) is 22.7 Å². The first kappa shape index (κ1) is 18.1. The lowest BCUT2D eigenvalue weighted by Gasteiger charge is -2.06. The minimum atomic E-state index is -1.11. The second-order valence-corrected chi connectivity index (χ2v) is 7.09. The Hall–Kier alpha value is -3.25. The van der Waals surface area contributed by atoms with E-state index in [0.717, 1.165) is 21.8 Å². The van der Waals surface area contributed by atoms with Gasteiger partial charge in [-0.2, -0.15) is 0 Å². The number of aromatic carboxylic acids is 1. The number of carboxylic acid groups (broad SMARTS) is 1. The molecule has 2 heterocycles. The zero-order chi connectivity index (χ0) is 19.7. The Kier molecular flexibility index (Phi) is 4.79. The minimum absolute atomic E-state index is 0.0375. The van der Waals surface area contributed by atoms with Gasteiger partial charge in [0.05, 0.1) is 28.3 Å². The average Bonchev–Trinajstić information content (AvgIpc) is 3.18. The minimum Gasteiger partial charge on any atom is -0.494 e. The summed E-state index contributed by atoms with van der Waals surface area (Å²) in [5.74, 6) is -0.780. The van der Waals surface area contributed by atoms with Gasteiger partial charge in [0, 0.05) is 5.39 Å². The number of aromatic nitrogens is 1. The molecule has 28 heavy (non-hydrogen) atoms. The van der Waals surface area contributed by atoms with E-state index in [-0.39, 0.29) is 5.56 Å². The van der Waals surface area contributed by atoms with Gasteiger partial charge in [0.1, 0.15) is 11.6 Å². The first-order valence-electron chi connectivity index (χ1n) is 8.71. The third kappa shape index (κ3) is 3.46. The van der Waals surface area contributed by atoms with Gasteiger partial charge in [-0.1, -0.05) is 12.1 Å². The highest BCUT2D eigenvalue weighted by Gasteiger charge is 2.15. The Labute approximate surface area is 164 Å². The molecule has 4 rings (SSSR count). The fourth-order valence-corrected chi connectivity index (χ4v) is 3.91. The third-order valence-electron chi connectivity index (χ3n) is 4.35. The zero-order valence-corrected chi connectivity index (χ0v) is 15.8. The topological polar surface area (TPSA) is 59.4 Å². The summed E-state index contributed by atoms with van der Waals surface area (Å²) in [5.41, 5.74) is 3.09. The van der Waals surface area contributed by atoms with Gasteiger partial charge >= 0.3 is 5.97 Å². The lowest BCUT2D eigenvalue weighted by Crippen LogP contribution is -2.00. The van der Waals surface area contributed by atoms with E-state index < -0.39 is 11.8 Å². The third-order valence-corrected chi connectivity index (χ3v) is 5.30. The van der Waals surface area contributed by atoms with Crippen molar-refractivity contribution in [3.63, 3.8) is 0 Å². The van der Waals surface area contributed by atoms with Gasteiger partial charge in [-0.05, 0) is 65.9 Å². The van der Waals surface area contributed by atoms with E-state index in [1.165, 1.54) is 35.6 Å². The van der Waals surface area contributed by atoms with Crippen LogP contribution < -0.4 is 4.74 Å². The van der Waals surface area contributed by atoms with Gasteiger partial charge in [0.15, 0.2) is 0 Å². The summed E-state index contributed by atoms with van der Waals surface area (Å²) in [6, 6.07) is 15.3. The van der Waals surface area contributed by atoms with Crippen molar-refractivity contribution in [3.8, 4) is 27.4 Å². The second kappa shape index (κ2) is 7.40. The lowest BCUT2D eigenvalue weighted by atomic mass is 10.1. The van der Waals surface area contributed by atoms with E-state index in [0.29, 0.717) is 23.2 Å². The van der Waals surface area contributed by atoms with Crippen LogP contribution in [0.2, 0.25) is 0 Å². The van der Waals surface area contributed by atoms with Crippen LogP contribution in [0, 0.1) is 5.82 Å². The number of pyridine rings is 1. The quantitative estimate of drug-likeness (QED) is 0.461. The molecular weight excluding hydrogens is 377 g/mol. The molecule has 4 nitrogen and oxygen atoms in total. The van der Waals surface area contributed by atoms with E-state index in [9.17, 15) is 14.3 Å². The van der Waals surface area contributed by atoms with Gasteiger partial charge in [0.2, 0.25) is 0 Å². The lowest BCUT2D eigenvalue weighted by molar-refractivity contribution is 0.0699. The Morgan fingerprint density at radius 3 is 2.61 bits per heavy atom. The Balaban J connectivity index is 1.75. The molecule has 0 bridgehead atoms. The number of carbonyl (C=O) groups is 1. The standard InChI is InChI=1S/C22H16FNO3S/c1-2-27-16-6-3-13(4-7-16)14-9-21(28-12-14)20-11-18(22(25)26)17-10-15(23)5-8-19(17)24-20/h3-12H,2H2,1H3,(H,25,26). The summed E-state index contributed by atoms with van der Waals surface area (Å²) in [7, 11) is 0. The monoisotopic (exact) mass is 393 g/mol. The molecule has 0 aliphatic heterocycles. The van der Waals surface area contributed by atoms with Crippen molar-refractivity contribution in [2.24, 2.45) is 0 Å². The molecule has 0 atom stereocenters. The second-order valence-electron chi connectivity index (χ2n) is 6.18. The molecule has 2 aromatic carbocycles. The summed E-state index contributed by atoms with van der Waals surface area (Å²) >= 11 is 1.48. The van der Waals surface area contributed by atoms with Crippen molar-refractivity contribution in [1.82, 2.24) is 4.98 Å². The molecule has 1 N–H and O–H groups in total. The first-order chi connectivity index (χ1) is 13.5. The van der Waals surface area contributed by atoms with Gasteiger partial charge in [-0.25, -0.2) is 14.2 Å². The van der Waals surface area contributed by atoms with E-state index in [4.69, 9.17) is 4.74 Å². The number of carboxylic acids is 1. The molecule has 0 saturated carbocycles. The van der Waals surface area contributed by atoms with Crippen LogP contribution in [0.15, 0.2) is 60.0 Å². The molecule has 0 spiro atoms. The SMILES string of the molecule is CCOc1ccc(-c2csc(-c3cc(C(=O)O)c4cc(F)ccc4n3)c2)cc1. The maximum Gasteiger partial charge on any atom is 0.336 e. The Morgan fingerprint density at radius 1 is 1.11 bits per heavy atom. The number of benzene rings is 2. The van der Waals surface area contributed by atoms with E-state index in [2.05, 4.69) is 4.98 Å². The first-order valence-corrected chi connectivity index (χ1v) is 9.59. The highest BCUT2D eigenvalue weighted by atomic mass is 32.1. The summed E-state index contributed by atoms with van der Waals surface area (Å²) in [4.78, 5) is 17.0. The van der Waals surface area contributed by atoms with Crippen molar-refractivity contribution in [2.45, 2.75) is 6.92 Å². The molecule has 0 aliphatic carbocycles. The average molecular weight is 393 g/mol. The van der Waals surface area contributed by atoms with Crippen molar-refractivity contribution in [3.05, 3.63) is 71.4 Å². The van der Waals surface area contributed by atoms with Gasteiger partial charge < -0.3 is 9.84 Å². The van der Waals surface area contributed by atoms with Crippen LogP contribution in [0.5, 0.6) is 5.75 Å². The van der Waals surface area contributed by atoms with Gasteiger partial charge in [0.25, 0.3) is 0 Å². The molecule has 0 aliphatic rings. The van der Waals surface area contributed by atoms with Gasteiger partial charge in [-0.15, -0.1) is 11.3 Å². The van der Waals surface area contributed by atoms with Crippen LogP contribution in [0.3, 0.4) is 0 Å². The van der Waals surface area contributed by atoms with E-state index >= 15 is 0 Å². The van der Waals surface area contributed by atoms with Crippen molar-refractivity contribution in [1.29, 1.82) is 0 Å². The summed E-state index contributed by atoms with van der Waals surface area (Å²) in [6.45, 7) is 2.56. The van der Waals surface area contributed by atoms with E-state index in [1.807, 2.05) is 42.6 Å². The molecule has 0 radical (unpaired) electrons. The highest BCUT2D eigenvalue weighted by molar-refractivity contribution is 7.14. The number of nitrogens with zero attached hydrogens (tertiary/aromatic N) is 1. The predicted molar refractivity (Wildman–Crippen MR) is 109 cm³/mol. The maximum absolute atomic E-state index is 13.5. The van der Waals surface area contributed by atoms with E-state index in [1.54, 1.807) is 0 Å². The Morgan fingerprint density at radius 2 is 1.89 bits per heavy atom. The maximum atomic E-state index is 13.5. The number of halogens is 1. The molecule has 0 unspecified atom stereocenters. The molecule has 0 saturated heterocycles. The van der Waals surface area contributed by atoms with Crippen LogP contribution in [0.1, 0.15) is 17.3 Å². The molecule has 140 valence electrons. The molecule has 2 aromatic heterocycles. The number of thiophene rings is 1. The fraction of sp³-hybridized carbons (Fsp3) is 0.0909.